The van der Waals surface area contributed by atoms with E-state index in [2.05, 4.69) is 5.10 Å². The van der Waals surface area contributed by atoms with Crippen LogP contribution in [0.25, 0.3) is 16.9 Å². The van der Waals surface area contributed by atoms with Crippen LogP contribution >= 0.6 is 0 Å². The van der Waals surface area contributed by atoms with E-state index in [4.69, 9.17) is 5.73 Å². The Morgan fingerprint density at radius 2 is 1.86 bits per heavy atom. The number of nitrogens with two attached hydrogens (primary N) is 1. The molecule has 6 heteroatoms. The summed E-state index contributed by atoms with van der Waals surface area (Å²) in [6, 6.07) is 14.0. The third-order valence-corrected chi connectivity index (χ3v) is 5.11. The molecule has 1 aliphatic rings. The number of carbonyl (C=O) groups excluding carboxylic acids is 1. The molecule has 2 aromatic carbocycles. The van der Waals surface area contributed by atoms with Crippen LogP contribution in [0, 0.1) is 12.7 Å². The van der Waals surface area contributed by atoms with Gasteiger partial charge in [0, 0.05) is 30.9 Å². The topological polar surface area (TPSA) is 64.2 Å². The van der Waals surface area contributed by atoms with Gasteiger partial charge in [-0.15, -0.1) is 0 Å². The molecule has 2 N–H and O–H groups in total. The average molecular weight is 378 g/mol. The minimum Gasteiger partial charge on any atom is -0.337 e. The normalized spacial score (nSPS) is 17.0. The summed E-state index contributed by atoms with van der Waals surface area (Å²) in [6.45, 7) is 3.26. The van der Waals surface area contributed by atoms with E-state index < -0.39 is 0 Å². The Bertz CT molecular complexity index is 979. The molecule has 1 fully saturated rings. The van der Waals surface area contributed by atoms with Crippen molar-refractivity contribution in [1.29, 1.82) is 0 Å². The van der Waals surface area contributed by atoms with Crippen LogP contribution in [0.5, 0.6) is 0 Å². The van der Waals surface area contributed by atoms with Crippen molar-refractivity contribution < 1.29 is 9.18 Å². The summed E-state index contributed by atoms with van der Waals surface area (Å²) in [7, 11) is 0. The minimum atomic E-state index is -0.312. The number of rotatable bonds is 3. The molecule has 0 spiro atoms. The Morgan fingerprint density at radius 1 is 1.14 bits per heavy atom. The fraction of sp³-hybridized carbons (Fsp3) is 0.273. The van der Waals surface area contributed by atoms with Crippen LogP contribution in [0.1, 0.15) is 28.8 Å². The first-order valence-corrected chi connectivity index (χ1v) is 9.49. The van der Waals surface area contributed by atoms with Gasteiger partial charge in [0.25, 0.3) is 5.91 Å². The lowest BCUT2D eigenvalue weighted by molar-refractivity contribution is 0.0709. The van der Waals surface area contributed by atoms with E-state index in [0.29, 0.717) is 30.0 Å². The lowest BCUT2D eigenvalue weighted by atomic mass is 10.0. The fourth-order valence-corrected chi connectivity index (χ4v) is 3.55. The molecule has 0 aliphatic carbocycles. The quantitative estimate of drug-likeness (QED) is 0.758. The van der Waals surface area contributed by atoms with E-state index in [0.717, 1.165) is 24.0 Å². The van der Waals surface area contributed by atoms with Crippen molar-refractivity contribution in [2.45, 2.75) is 25.8 Å². The maximum atomic E-state index is 13.3. The van der Waals surface area contributed by atoms with Gasteiger partial charge in [0.15, 0.2) is 0 Å². The monoisotopic (exact) mass is 378 g/mol. The maximum absolute atomic E-state index is 13.3. The molecule has 1 amide bonds. The highest BCUT2D eigenvalue weighted by atomic mass is 19.1. The van der Waals surface area contributed by atoms with Gasteiger partial charge in [-0.2, -0.15) is 5.10 Å². The highest BCUT2D eigenvalue weighted by molar-refractivity contribution is 6.00. The van der Waals surface area contributed by atoms with Crippen molar-refractivity contribution in [3.05, 3.63) is 71.7 Å². The second-order valence-electron chi connectivity index (χ2n) is 7.33. The van der Waals surface area contributed by atoms with Gasteiger partial charge >= 0.3 is 0 Å². The van der Waals surface area contributed by atoms with Crippen molar-refractivity contribution in [1.82, 2.24) is 14.7 Å². The van der Waals surface area contributed by atoms with Gasteiger partial charge in [0.2, 0.25) is 0 Å². The Kier molecular flexibility index (Phi) is 4.96. The number of aryl methyl sites for hydroxylation is 1. The summed E-state index contributed by atoms with van der Waals surface area (Å²) in [5.41, 5.74) is 9.92. The van der Waals surface area contributed by atoms with Crippen molar-refractivity contribution in [3.8, 4) is 16.9 Å². The molecule has 3 aromatic rings. The number of nitrogens with zero attached hydrogens (tertiary/aromatic N) is 3. The number of hydrogen-bond donors (Lipinski definition) is 1. The van der Waals surface area contributed by atoms with Crippen LogP contribution in [0.3, 0.4) is 0 Å². The van der Waals surface area contributed by atoms with E-state index in [1.54, 1.807) is 27.9 Å². The number of hydrogen-bond acceptors (Lipinski definition) is 3. The molecule has 2 heterocycles. The Balaban J connectivity index is 1.77. The molecular formula is C22H23FN4O. The van der Waals surface area contributed by atoms with Crippen molar-refractivity contribution >= 4 is 5.91 Å². The number of amides is 1. The van der Waals surface area contributed by atoms with Crippen LogP contribution in [0.15, 0.2) is 54.7 Å². The summed E-state index contributed by atoms with van der Waals surface area (Å²) in [5, 5.41) is 4.66. The summed E-state index contributed by atoms with van der Waals surface area (Å²) in [6.07, 6.45) is 3.56. The molecule has 5 nitrogen and oxygen atoms in total. The summed E-state index contributed by atoms with van der Waals surface area (Å²) >= 11 is 0. The lowest BCUT2D eigenvalue weighted by Crippen LogP contribution is -2.45. The highest BCUT2D eigenvalue weighted by Gasteiger charge is 2.26. The molecule has 144 valence electrons. The molecule has 1 unspecified atom stereocenters. The number of likely N-dealkylation sites (tertiary alicyclic amines) is 1. The molecule has 4 rings (SSSR count). The second kappa shape index (κ2) is 7.56. The number of piperidine rings is 1. The third kappa shape index (κ3) is 3.68. The van der Waals surface area contributed by atoms with Crippen molar-refractivity contribution in [2.75, 3.05) is 13.1 Å². The van der Waals surface area contributed by atoms with Gasteiger partial charge in [-0.05, 0) is 44.0 Å². The standard InChI is InChI=1S/C22H23FN4O/c1-15-4-6-16(7-5-15)21-20(22(28)26-12-2-3-18(24)13-26)14-27(25-21)19-10-8-17(23)9-11-19/h4-11,14,18H,2-3,12-13,24H2,1H3. The molecule has 1 aliphatic heterocycles. The van der Waals surface area contributed by atoms with E-state index >= 15 is 0 Å². The third-order valence-electron chi connectivity index (χ3n) is 5.11. The molecule has 0 bridgehead atoms. The van der Waals surface area contributed by atoms with Crippen LogP contribution in [0.2, 0.25) is 0 Å². The van der Waals surface area contributed by atoms with Crippen molar-refractivity contribution in [3.63, 3.8) is 0 Å². The molecule has 28 heavy (non-hydrogen) atoms. The first-order chi connectivity index (χ1) is 13.5. The van der Waals surface area contributed by atoms with Gasteiger partial charge in [-0.25, -0.2) is 9.07 Å². The first kappa shape index (κ1) is 18.4. The van der Waals surface area contributed by atoms with Gasteiger partial charge in [0.1, 0.15) is 11.5 Å². The number of aromatic nitrogens is 2. The zero-order valence-corrected chi connectivity index (χ0v) is 15.8. The van der Waals surface area contributed by atoms with E-state index in [1.807, 2.05) is 31.2 Å². The van der Waals surface area contributed by atoms with Gasteiger partial charge in [-0.1, -0.05) is 29.8 Å². The Morgan fingerprint density at radius 3 is 2.54 bits per heavy atom. The Labute approximate surface area is 163 Å². The molecule has 1 atom stereocenters. The predicted molar refractivity (Wildman–Crippen MR) is 107 cm³/mol. The number of benzene rings is 2. The zero-order valence-electron chi connectivity index (χ0n) is 15.8. The van der Waals surface area contributed by atoms with E-state index in [-0.39, 0.29) is 17.8 Å². The van der Waals surface area contributed by atoms with E-state index in [9.17, 15) is 9.18 Å². The van der Waals surface area contributed by atoms with Crippen LogP contribution < -0.4 is 5.73 Å². The summed E-state index contributed by atoms with van der Waals surface area (Å²) in [5.74, 6) is -0.382. The number of carbonyl (C=O) groups is 1. The maximum Gasteiger partial charge on any atom is 0.257 e. The highest BCUT2D eigenvalue weighted by Crippen LogP contribution is 2.26. The second-order valence-corrected chi connectivity index (χ2v) is 7.33. The smallest absolute Gasteiger partial charge is 0.257 e. The fourth-order valence-electron chi connectivity index (χ4n) is 3.55. The molecule has 1 saturated heterocycles. The molecule has 1 aromatic heterocycles. The molecule has 0 radical (unpaired) electrons. The van der Waals surface area contributed by atoms with Crippen molar-refractivity contribution in [2.24, 2.45) is 5.73 Å². The molecular weight excluding hydrogens is 355 g/mol. The first-order valence-electron chi connectivity index (χ1n) is 9.49. The van der Waals surface area contributed by atoms with Gasteiger partial charge in [0.05, 0.1) is 11.3 Å². The largest absolute Gasteiger partial charge is 0.337 e. The van der Waals surface area contributed by atoms with Crippen LogP contribution in [0.4, 0.5) is 4.39 Å². The van der Waals surface area contributed by atoms with Crippen LogP contribution in [-0.4, -0.2) is 39.7 Å². The SMILES string of the molecule is Cc1ccc(-c2nn(-c3ccc(F)cc3)cc2C(=O)N2CCCC(N)C2)cc1. The average Bonchev–Trinajstić information content (AvgIpc) is 3.14. The lowest BCUT2D eigenvalue weighted by Gasteiger charge is -2.30. The van der Waals surface area contributed by atoms with Gasteiger partial charge in [-0.3, -0.25) is 4.79 Å². The predicted octanol–water partition coefficient (Wildman–Crippen LogP) is 3.55. The summed E-state index contributed by atoms with van der Waals surface area (Å²) < 4.78 is 14.9. The minimum absolute atomic E-state index is 0.00710. The zero-order chi connectivity index (χ0) is 19.7. The summed E-state index contributed by atoms with van der Waals surface area (Å²) in [4.78, 5) is 15.1. The molecule has 0 saturated carbocycles. The van der Waals surface area contributed by atoms with Crippen LogP contribution in [-0.2, 0) is 0 Å². The van der Waals surface area contributed by atoms with Gasteiger partial charge < -0.3 is 10.6 Å². The van der Waals surface area contributed by atoms with E-state index in [1.165, 1.54) is 12.1 Å². The Hall–Kier alpha value is -2.99. The number of halogens is 1.